The minimum Gasteiger partial charge on any atom is -0.324 e. The number of amides is 1. The first kappa shape index (κ1) is 19.9. The van der Waals surface area contributed by atoms with Crippen LogP contribution in [-0.4, -0.2) is 16.2 Å². The largest absolute Gasteiger partial charge is 0.324 e. The standard InChI is InChI=1S/C25H19ClN2O2S/c26-23-18(13-17-9-6-8-16-7-4-5-12-20(16)17)14-22(29)28-21(15-31-25(23)28)24(30)27-19-10-2-1-3-11-19/h1-12,14,21H,13,15H2,(H,27,30)/t21-/m0/s1. The van der Waals surface area contributed by atoms with Gasteiger partial charge in [0.25, 0.3) is 5.56 Å². The summed E-state index contributed by atoms with van der Waals surface area (Å²) in [5, 5.41) is 6.41. The summed E-state index contributed by atoms with van der Waals surface area (Å²) in [7, 11) is 0. The number of halogens is 1. The lowest BCUT2D eigenvalue weighted by Crippen LogP contribution is -2.32. The van der Waals surface area contributed by atoms with Crippen molar-refractivity contribution in [2.24, 2.45) is 0 Å². The number of nitrogens with one attached hydrogen (secondary N) is 1. The molecular formula is C25H19ClN2O2S. The fraction of sp³-hybridized carbons (Fsp3) is 0.120. The Morgan fingerprint density at radius 3 is 2.58 bits per heavy atom. The summed E-state index contributed by atoms with van der Waals surface area (Å²) in [6.45, 7) is 0. The monoisotopic (exact) mass is 446 g/mol. The molecule has 3 aromatic carbocycles. The minimum atomic E-state index is -0.586. The third-order valence-corrected chi connectivity index (χ3v) is 7.21. The highest BCUT2D eigenvalue weighted by Crippen LogP contribution is 2.39. The van der Waals surface area contributed by atoms with Gasteiger partial charge in [-0.25, -0.2) is 0 Å². The summed E-state index contributed by atoms with van der Waals surface area (Å²) in [5.74, 6) is 0.267. The smallest absolute Gasteiger partial charge is 0.252 e. The molecule has 0 saturated heterocycles. The summed E-state index contributed by atoms with van der Waals surface area (Å²) in [4.78, 5) is 25.9. The number of pyridine rings is 1. The van der Waals surface area contributed by atoms with E-state index in [1.165, 1.54) is 16.3 Å². The number of aromatic nitrogens is 1. The van der Waals surface area contributed by atoms with Crippen LogP contribution in [0.4, 0.5) is 5.69 Å². The molecule has 4 nitrogen and oxygen atoms in total. The second-order valence-corrected chi connectivity index (χ2v) is 8.88. The molecule has 0 fully saturated rings. The van der Waals surface area contributed by atoms with Gasteiger partial charge in [-0.15, -0.1) is 11.8 Å². The first-order chi connectivity index (χ1) is 15.1. The van der Waals surface area contributed by atoms with Crippen LogP contribution in [0, 0.1) is 0 Å². The predicted molar refractivity (Wildman–Crippen MR) is 127 cm³/mol. The van der Waals surface area contributed by atoms with Gasteiger partial charge in [0.1, 0.15) is 6.04 Å². The van der Waals surface area contributed by atoms with Gasteiger partial charge in [0.15, 0.2) is 0 Å². The summed E-state index contributed by atoms with van der Waals surface area (Å²) in [6, 6.07) is 24.6. The van der Waals surface area contributed by atoms with Crippen LogP contribution in [0.5, 0.6) is 0 Å². The summed E-state index contributed by atoms with van der Waals surface area (Å²) >= 11 is 8.20. The van der Waals surface area contributed by atoms with Crippen molar-refractivity contribution in [1.29, 1.82) is 0 Å². The summed E-state index contributed by atoms with van der Waals surface area (Å²) < 4.78 is 1.53. The molecule has 5 rings (SSSR count). The number of fused-ring (bicyclic) bond motifs is 2. The van der Waals surface area contributed by atoms with Crippen molar-refractivity contribution in [3.05, 3.63) is 105 Å². The Bertz CT molecular complexity index is 1350. The van der Waals surface area contributed by atoms with Crippen LogP contribution in [0.15, 0.2) is 88.7 Å². The first-order valence-electron chi connectivity index (χ1n) is 10.0. The van der Waals surface area contributed by atoms with E-state index in [4.69, 9.17) is 11.6 Å². The number of rotatable bonds is 4. The fourth-order valence-corrected chi connectivity index (χ4v) is 5.61. The molecule has 1 N–H and O–H groups in total. The predicted octanol–water partition coefficient (Wildman–Crippen LogP) is 5.53. The maximum atomic E-state index is 13.0. The van der Waals surface area contributed by atoms with E-state index >= 15 is 0 Å². The molecule has 1 aliphatic rings. The Kier molecular flexibility index (Phi) is 5.30. The molecule has 0 saturated carbocycles. The van der Waals surface area contributed by atoms with Gasteiger partial charge in [-0.3, -0.25) is 14.2 Å². The van der Waals surface area contributed by atoms with E-state index in [0.717, 1.165) is 21.9 Å². The van der Waals surface area contributed by atoms with E-state index < -0.39 is 6.04 Å². The molecule has 1 atom stereocenters. The number of benzene rings is 3. The van der Waals surface area contributed by atoms with Gasteiger partial charge in [-0.2, -0.15) is 0 Å². The van der Waals surface area contributed by atoms with Crippen LogP contribution in [0.3, 0.4) is 0 Å². The van der Waals surface area contributed by atoms with Gasteiger partial charge in [-0.1, -0.05) is 72.3 Å². The van der Waals surface area contributed by atoms with E-state index in [1.54, 1.807) is 6.07 Å². The van der Waals surface area contributed by atoms with Crippen molar-refractivity contribution >= 4 is 45.7 Å². The molecule has 1 amide bonds. The number of carbonyl (C=O) groups excluding carboxylic acids is 1. The molecule has 0 spiro atoms. The highest BCUT2D eigenvalue weighted by atomic mass is 35.5. The second-order valence-electron chi connectivity index (χ2n) is 7.49. The number of nitrogens with zero attached hydrogens (tertiary/aromatic N) is 1. The third kappa shape index (κ3) is 3.75. The topological polar surface area (TPSA) is 51.1 Å². The summed E-state index contributed by atoms with van der Waals surface area (Å²) in [6.07, 6.45) is 0.560. The molecule has 154 valence electrons. The fourth-order valence-electron chi connectivity index (χ4n) is 4.01. The average Bonchev–Trinajstić information content (AvgIpc) is 3.25. The lowest BCUT2D eigenvalue weighted by molar-refractivity contribution is -0.118. The van der Waals surface area contributed by atoms with E-state index in [0.29, 0.717) is 27.9 Å². The lowest BCUT2D eigenvalue weighted by Gasteiger charge is -2.16. The molecule has 0 unspecified atom stereocenters. The van der Waals surface area contributed by atoms with Gasteiger partial charge < -0.3 is 5.32 Å². The van der Waals surface area contributed by atoms with Crippen molar-refractivity contribution in [3.63, 3.8) is 0 Å². The number of carbonyl (C=O) groups is 1. The number of thioether (sulfide) groups is 1. The zero-order valence-electron chi connectivity index (χ0n) is 16.5. The molecule has 6 heteroatoms. The van der Waals surface area contributed by atoms with Gasteiger partial charge in [0.2, 0.25) is 5.91 Å². The zero-order chi connectivity index (χ0) is 21.4. The SMILES string of the molecule is O=C(Nc1ccccc1)[C@@H]1CSc2c(Cl)c(Cc3cccc4ccccc34)cc(=O)n21. The Hall–Kier alpha value is -3.02. The van der Waals surface area contributed by atoms with Crippen molar-refractivity contribution in [2.75, 3.05) is 11.1 Å². The minimum absolute atomic E-state index is 0.201. The average molecular weight is 447 g/mol. The molecule has 1 aliphatic heterocycles. The molecule has 0 aliphatic carbocycles. The van der Waals surface area contributed by atoms with Crippen molar-refractivity contribution < 1.29 is 4.79 Å². The van der Waals surface area contributed by atoms with Crippen molar-refractivity contribution in [1.82, 2.24) is 4.57 Å². The normalized spacial score (nSPS) is 15.1. The number of hydrogen-bond acceptors (Lipinski definition) is 3. The van der Waals surface area contributed by atoms with Gasteiger partial charge in [0, 0.05) is 17.5 Å². The zero-order valence-corrected chi connectivity index (χ0v) is 18.1. The molecule has 4 aromatic rings. The van der Waals surface area contributed by atoms with Gasteiger partial charge in [-0.05, 0) is 40.5 Å². The van der Waals surface area contributed by atoms with Crippen LogP contribution in [-0.2, 0) is 11.2 Å². The third-order valence-electron chi connectivity index (χ3n) is 5.52. The Morgan fingerprint density at radius 2 is 1.74 bits per heavy atom. The van der Waals surface area contributed by atoms with Crippen LogP contribution in [0.25, 0.3) is 10.8 Å². The van der Waals surface area contributed by atoms with Crippen LogP contribution in [0.1, 0.15) is 17.2 Å². The van der Waals surface area contributed by atoms with Crippen LogP contribution in [0.2, 0.25) is 5.02 Å². The molecule has 1 aromatic heterocycles. The maximum Gasteiger partial charge on any atom is 0.252 e. The van der Waals surface area contributed by atoms with E-state index in [2.05, 4.69) is 29.6 Å². The second kappa shape index (κ2) is 8.25. The Morgan fingerprint density at radius 1 is 1.00 bits per heavy atom. The van der Waals surface area contributed by atoms with Gasteiger partial charge >= 0.3 is 0 Å². The highest BCUT2D eigenvalue weighted by Gasteiger charge is 2.32. The molecule has 0 bridgehead atoms. The maximum absolute atomic E-state index is 13.0. The highest BCUT2D eigenvalue weighted by molar-refractivity contribution is 7.99. The Labute approximate surface area is 188 Å². The lowest BCUT2D eigenvalue weighted by atomic mass is 9.99. The molecule has 0 radical (unpaired) electrons. The van der Waals surface area contributed by atoms with Crippen molar-refractivity contribution in [3.8, 4) is 0 Å². The first-order valence-corrected chi connectivity index (χ1v) is 11.4. The summed E-state index contributed by atoms with van der Waals surface area (Å²) in [5.41, 5.74) is 2.40. The molecule has 31 heavy (non-hydrogen) atoms. The van der Waals surface area contributed by atoms with Gasteiger partial charge in [0.05, 0.1) is 10.0 Å². The number of hydrogen-bond donors (Lipinski definition) is 1. The van der Waals surface area contributed by atoms with E-state index in [1.807, 2.05) is 48.5 Å². The number of para-hydroxylation sites is 1. The quantitative estimate of drug-likeness (QED) is 0.448. The van der Waals surface area contributed by atoms with E-state index in [9.17, 15) is 9.59 Å². The molecular weight excluding hydrogens is 428 g/mol. The van der Waals surface area contributed by atoms with Crippen LogP contribution < -0.4 is 10.9 Å². The van der Waals surface area contributed by atoms with Crippen molar-refractivity contribution in [2.45, 2.75) is 17.5 Å². The number of anilines is 1. The molecule has 2 heterocycles. The van der Waals surface area contributed by atoms with E-state index in [-0.39, 0.29) is 11.5 Å². The Balaban J connectivity index is 1.48. The van der Waals surface area contributed by atoms with Crippen LogP contribution >= 0.6 is 23.4 Å².